The van der Waals surface area contributed by atoms with E-state index in [9.17, 15) is 4.79 Å². The molecule has 334 valence electrons. The maximum atomic E-state index is 13.1. The number of unbranched alkanes of at least 4 members (excludes halogenated alkanes) is 12. The molecule has 8 bridgehead atoms. The van der Waals surface area contributed by atoms with Crippen LogP contribution >= 0.6 is 0 Å². The maximum absolute atomic E-state index is 13.1. The maximum Gasteiger partial charge on any atom is 0.224 e. The van der Waals surface area contributed by atoms with Gasteiger partial charge in [-0.2, -0.15) is 0 Å². The van der Waals surface area contributed by atoms with Crippen LogP contribution < -0.4 is 26.7 Å². The van der Waals surface area contributed by atoms with E-state index in [4.69, 9.17) is 0 Å². The van der Waals surface area contributed by atoms with Crippen LogP contribution in [0.2, 0.25) is 0 Å². The summed E-state index contributed by atoms with van der Waals surface area (Å²) in [6, 6.07) is 57.6. The molecular formula is C60H63N5O. The summed E-state index contributed by atoms with van der Waals surface area (Å²) < 4.78 is 0. The first kappa shape index (κ1) is 44.2. The van der Waals surface area contributed by atoms with E-state index in [1.165, 1.54) is 70.6 Å². The van der Waals surface area contributed by atoms with Crippen LogP contribution in [0.4, 0.5) is 5.69 Å². The highest BCUT2D eigenvalue weighted by Crippen LogP contribution is 2.28. The van der Waals surface area contributed by atoms with Crippen LogP contribution in [0.5, 0.6) is 0 Å². The third-order valence-electron chi connectivity index (χ3n) is 13.1. The average Bonchev–Trinajstić information content (AvgIpc) is 4.21. The fourth-order valence-corrected chi connectivity index (χ4v) is 9.63. The third kappa shape index (κ3) is 10.6. The number of benzene rings is 4. The van der Waals surface area contributed by atoms with Crippen molar-refractivity contribution in [3.8, 4) is 0 Å². The number of carbonyl (C=O) groups is 1. The molecule has 1 aliphatic rings. The van der Waals surface area contributed by atoms with Crippen molar-refractivity contribution >= 4 is 33.9 Å². The van der Waals surface area contributed by atoms with Crippen molar-refractivity contribution in [2.24, 2.45) is 0 Å². The monoisotopic (exact) mass is 870 g/mol. The van der Waals surface area contributed by atoms with Gasteiger partial charge >= 0.3 is 0 Å². The minimum atomic E-state index is 0.0765. The Morgan fingerprint density at radius 1 is 0.348 bits per heavy atom. The van der Waals surface area contributed by atoms with Crippen LogP contribution in [-0.4, -0.2) is 25.8 Å². The van der Waals surface area contributed by atoms with Crippen LogP contribution in [-0.2, 0) is 4.79 Å². The van der Waals surface area contributed by atoms with E-state index < -0.39 is 0 Å². The number of hydrogen-bond acceptors (Lipinski definition) is 1. The van der Waals surface area contributed by atoms with Crippen molar-refractivity contribution in [1.82, 2.24) is 19.9 Å². The van der Waals surface area contributed by atoms with Gasteiger partial charge in [-0.3, -0.25) is 4.79 Å². The molecule has 0 aliphatic carbocycles. The van der Waals surface area contributed by atoms with Gasteiger partial charge < -0.3 is 25.3 Å². The van der Waals surface area contributed by atoms with E-state index in [0.29, 0.717) is 6.42 Å². The predicted molar refractivity (Wildman–Crippen MR) is 273 cm³/mol. The summed E-state index contributed by atoms with van der Waals surface area (Å²) in [6.07, 6.45) is 17.3. The van der Waals surface area contributed by atoms with Gasteiger partial charge in [0.1, 0.15) is 0 Å². The zero-order chi connectivity index (χ0) is 44.9. The second-order valence-electron chi connectivity index (χ2n) is 17.9. The van der Waals surface area contributed by atoms with Gasteiger partial charge in [0.05, 0.1) is 0 Å². The van der Waals surface area contributed by atoms with E-state index in [1.54, 1.807) is 0 Å². The topological polar surface area (TPSA) is 92.3 Å². The average molecular weight is 870 g/mol. The van der Waals surface area contributed by atoms with Crippen molar-refractivity contribution < 1.29 is 4.79 Å². The predicted octanol–water partition coefficient (Wildman–Crippen LogP) is 11.7. The highest BCUT2D eigenvalue weighted by molar-refractivity contribution is 5.91. The van der Waals surface area contributed by atoms with Gasteiger partial charge in [0.25, 0.3) is 0 Å². The van der Waals surface area contributed by atoms with E-state index >= 15 is 0 Å². The summed E-state index contributed by atoms with van der Waals surface area (Å²) in [5, 5.41) is 7.18. The Hall–Kier alpha value is -7.05. The molecule has 0 atom stereocenters. The molecule has 0 saturated heterocycles. The van der Waals surface area contributed by atoms with Crippen LogP contribution in [0.3, 0.4) is 0 Å². The number of nitrogens with one attached hydrogen (secondary N) is 5. The van der Waals surface area contributed by atoms with Crippen LogP contribution in [0.15, 0.2) is 164 Å². The Morgan fingerprint density at radius 2 is 0.667 bits per heavy atom. The fourth-order valence-electron chi connectivity index (χ4n) is 9.63. The van der Waals surface area contributed by atoms with E-state index in [2.05, 4.69) is 184 Å². The molecule has 5 heterocycles. The Labute approximate surface area is 389 Å². The van der Waals surface area contributed by atoms with Gasteiger partial charge in [0.15, 0.2) is 0 Å². The molecule has 0 unspecified atom stereocenters. The molecular weight excluding hydrogens is 807 g/mol. The summed E-state index contributed by atoms with van der Waals surface area (Å²) in [5.41, 5.74) is 13.4. The molecule has 0 spiro atoms. The van der Waals surface area contributed by atoms with E-state index in [-0.39, 0.29) is 5.91 Å². The molecule has 66 heavy (non-hydrogen) atoms. The lowest BCUT2D eigenvalue weighted by atomic mass is 10.0. The van der Waals surface area contributed by atoms with Crippen LogP contribution in [0.1, 0.15) is 142 Å². The zero-order valence-corrected chi connectivity index (χ0v) is 38.4. The molecule has 0 radical (unpaired) electrons. The minimum Gasteiger partial charge on any atom is -0.354 e. The summed E-state index contributed by atoms with van der Waals surface area (Å²) in [4.78, 5) is 28.6. The molecule has 6 nitrogen and oxygen atoms in total. The summed E-state index contributed by atoms with van der Waals surface area (Å²) in [6.45, 7) is 2.28. The smallest absolute Gasteiger partial charge is 0.224 e. The summed E-state index contributed by atoms with van der Waals surface area (Å²) >= 11 is 0. The Balaban J connectivity index is 1.04. The number of aromatic amines is 4. The first-order valence-electron chi connectivity index (χ1n) is 24.5. The number of aromatic nitrogens is 4. The second-order valence-corrected chi connectivity index (χ2v) is 17.9. The molecule has 6 heteroatoms. The Morgan fingerprint density at radius 3 is 1.02 bits per heavy atom. The molecule has 9 rings (SSSR count). The van der Waals surface area contributed by atoms with Gasteiger partial charge in [-0.15, -0.1) is 0 Å². The third-order valence-corrected chi connectivity index (χ3v) is 13.1. The van der Waals surface area contributed by atoms with Crippen molar-refractivity contribution in [3.05, 3.63) is 230 Å². The minimum absolute atomic E-state index is 0.0765. The lowest BCUT2D eigenvalue weighted by Crippen LogP contribution is -2.19. The molecule has 8 aromatic rings. The highest BCUT2D eigenvalue weighted by atomic mass is 16.1. The van der Waals surface area contributed by atoms with Crippen molar-refractivity contribution in [1.29, 1.82) is 0 Å². The normalized spacial score (nSPS) is 12.5. The van der Waals surface area contributed by atoms with E-state index in [0.717, 1.165) is 107 Å². The fraction of sp³-hybridized carbons (Fsp3) is 0.250. The Bertz CT molecular complexity index is 3070. The molecule has 0 fully saturated rings. The summed E-state index contributed by atoms with van der Waals surface area (Å²) in [5.74, 6) is 0.0765. The van der Waals surface area contributed by atoms with Crippen molar-refractivity contribution in [3.63, 3.8) is 0 Å². The SMILES string of the molecule is CCCCCCCCCCCCCCCC(=O)Nc1ccc(C2=c3ccc([nH]3)=C(c3ccccc3)c3ccc([nH]3)C(c3ccccc3)=c3ccc([nH]3)=C(c3ccccc3)c3ccc2[nH]3)cc1. The number of hydrogen-bond donors (Lipinski definition) is 5. The molecule has 4 aromatic carbocycles. The number of H-pyrrole nitrogens is 4. The molecule has 1 aliphatic heterocycles. The van der Waals surface area contributed by atoms with Gasteiger partial charge in [-0.05, 0) is 89.3 Å². The first-order valence-corrected chi connectivity index (χ1v) is 24.5. The van der Waals surface area contributed by atoms with Gasteiger partial charge in [0, 0.05) is 78.6 Å². The number of rotatable bonds is 19. The van der Waals surface area contributed by atoms with Gasteiger partial charge in [0.2, 0.25) is 5.91 Å². The zero-order valence-electron chi connectivity index (χ0n) is 38.4. The highest BCUT2D eigenvalue weighted by Gasteiger charge is 2.18. The number of anilines is 1. The number of amides is 1. The van der Waals surface area contributed by atoms with Crippen molar-refractivity contribution in [2.45, 2.75) is 96.8 Å². The quantitative estimate of drug-likeness (QED) is 0.0515. The van der Waals surface area contributed by atoms with Crippen LogP contribution in [0.25, 0.3) is 22.3 Å². The molecule has 0 saturated carbocycles. The van der Waals surface area contributed by atoms with Crippen molar-refractivity contribution in [2.75, 3.05) is 5.32 Å². The molecule has 5 N–H and O–H groups in total. The van der Waals surface area contributed by atoms with Gasteiger partial charge in [-0.25, -0.2) is 0 Å². The largest absolute Gasteiger partial charge is 0.354 e. The summed E-state index contributed by atoms with van der Waals surface area (Å²) in [7, 11) is 0. The van der Waals surface area contributed by atoms with E-state index in [1.807, 2.05) is 12.1 Å². The first-order chi connectivity index (χ1) is 32.6. The van der Waals surface area contributed by atoms with Crippen LogP contribution in [0, 0.1) is 0 Å². The second kappa shape index (κ2) is 21.8. The lowest BCUT2D eigenvalue weighted by Gasteiger charge is -2.11. The lowest BCUT2D eigenvalue weighted by molar-refractivity contribution is -0.116. The Kier molecular flexibility index (Phi) is 14.6. The standard InChI is InChI=1S/C60H63N5O/c1-2-3-4-5-6-7-8-9-10-11-12-13-23-30-56(66)61-47-33-31-46(32-34-47)60-54-41-39-52(64-54)58(44-26-19-15-20-27-44)50-37-35-48(62-50)57(43-24-17-14-18-25-43)49-36-38-51(63-49)59(45-28-21-16-22-29-45)53-40-42-55(60)65-53/h14-22,24-29,31-42,62-65H,2-13,23,30H2,1H3,(H,61,66). The molecule has 1 amide bonds. The molecule has 4 aromatic heterocycles. The van der Waals surface area contributed by atoms with Gasteiger partial charge in [-0.1, -0.05) is 187 Å². The number of carbonyl (C=O) groups excluding carboxylic acids is 1. The number of fused-ring (bicyclic) bond motifs is 8.